The lowest BCUT2D eigenvalue weighted by Gasteiger charge is -2.60. The SMILES string of the molecule is CC(=O)O[C@@H]1CC[C@@]2(C)[C@@H](CC[C@@H]3[C@@H]2CC[C@]2(C)C(=O)[C@H](Br)C[C@@H]32)C1. The quantitative estimate of drug-likeness (QED) is 0.455. The molecule has 3 nitrogen and oxygen atoms in total. The molecule has 4 heteroatoms. The highest BCUT2D eigenvalue weighted by Crippen LogP contribution is 2.66. The topological polar surface area (TPSA) is 43.4 Å². The van der Waals surface area contributed by atoms with Crippen LogP contribution in [0.3, 0.4) is 0 Å². The molecule has 0 N–H and O–H groups in total. The number of hydrogen-bond donors (Lipinski definition) is 0. The molecule has 25 heavy (non-hydrogen) atoms. The van der Waals surface area contributed by atoms with Gasteiger partial charge in [0.2, 0.25) is 0 Å². The number of halogens is 1. The van der Waals surface area contributed by atoms with Gasteiger partial charge in [-0.05, 0) is 80.5 Å². The number of esters is 1. The molecule has 4 fully saturated rings. The monoisotopic (exact) mass is 410 g/mol. The third-order valence-electron chi connectivity index (χ3n) is 8.65. The standard InChI is InChI=1S/C21H31BrO3/c1-12(23)25-14-6-8-20(2)13(10-14)4-5-15-16(20)7-9-21(3)17(15)11-18(22)19(21)24/h13-18H,4-11H2,1-3H3/t13-,14+,15+,16-,17-,18+,20-,21-/m0/s1. The molecule has 4 aliphatic rings. The van der Waals surface area contributed by atoms with Crippen molar-refractivity contribution >= 4 is 27.7 Å². The van der Waals surface area contributed by atoms with E-state index in [-0.39, 0.29) is 22.3 Å². The Balaban J connectivity index is 1.55. The van der Waals surface area contributed by atoms with Crippen molar-refractivity contribution in [3.05, 3.63) is 0 Å². The Labute approximate surface area is 159 Å². The molecule has 0 aromatic carbocycles. The Morgan fingerprint density at radius 1 is 1.08 bits per heavy atom. The van der Waals surface area contributed by atoms with E-state index in [1.165, 1.54) is 32.6 Å². The van der Waals surface area contributed by atoms with Gasteiger partial charge in [-0.1, -0.05) is 29.8 Å². The Morgan fingerprint density at radius 2 is 1.84 bits per heavy atom. The Kier molecular flexibility index (Phi) is 4.37. The lowest BCUT2D eigenvalue weighted by molar-refractivity contribution is -0.160. The molecule has 0 radical (unpaired) electrons. The lowest BCUT2D eigenvalue weighted by atomic mass is 9.45. The van der Waals surface area contributed by atoms with Crippen molar-refractivity contribution in [3.63, 3.8) is 0 Å². The highest BCUT2D eigenvalue weighted by Gasteiger charge is 2.62. The number of hydrogen-bond acceptors (Lipinski definition) is 3. The van der Waals surface area contributed by atoms with Crippen molar-refractivity contribution in [1.82, 2.24) is 0 Å². The summed E-state index contributed by atoms with van der Waals surface area (Å²) in [5.41, 5.74) is 0.280. The minimum Gasteiger partial charge on any atom is -0.463 e. The first kappa shape index (κ1) is 18.0. The molecule has 0 aromatic rings. The summed E-state index contributed by atoms with van der Waals surface area (Å²) in [7, 11) is 0. The van der Waals surface area contributed by atoms with E-state index in [2.05, 4.69) is 29.8 Å². The number of fused-ring (bicyclic) bond motifs is 5. The molecule has 0 bridgehead atoms. The number of rotatable bonds is 1. The molecular formula is C21H31BrO3. The third-order valence-corrected chi connectivity index (χ3v) is 9.44. The van der Waals surface area contributed by atoms with Gasteiger partial charge in [0.05, 0.1) is 4.83 Å². The van der Waals surface area contributed by atoms with Crippen LogP contribution in [0.4, 0.5) is 0 Å². The van der Waals surface area contributed by atoms with Gasteiger partial charge in [-0.25, -0.2) is 0 Å². The Bertz CT molecular complexity index is 590. The molecule has 140 valence electrons. The molecule has 0 amide bonds. The predicted octanol–water partition coefficient (Wildman–Crippen LogP) is 4.90. The van der Waals surface area contributed by atoms with Crippen molar-refractivity contribution < 1.29 is 14.3 Å². The van der Waals surface area contributed by atoms with E-state index in [9.17, 15) is 9.59 Å². The highest BCUT2D eigenvalue weighted by molar-refractivity contribution is 9.10. The van der Waals surface area contributed by atoms with Gasteiger partial charge < -0.3 is 4.74 Å². The largest absolute Gasteiger partial charge is 0.463 e. The summed E-state index contributed by atoms with van der Waals surface area (Å²) >= 11 is 3.66. The van der Waals surface area contributed by atoms with Crippen molar-refractivity contribution in [2.45, 2.75) is 83.1 Å². The van der Waals surface area contributed by atoms with Gasteiger partial charge in [0, 0.05) is 12.3 Å². The first-order valence-corrected chi connectivity index (χ1v) is 11.0. The lowest BCUT2D eigenvalue weighted by Crippen LogP contribution is -2.54. The van der Waals surface area contributed by atoms with Gasteiger partial charge in [-0.3, -0.25) is 9.59 Å². The summed E-state index contributed by atoms with van der Waals surface area (Å²) in [5, 5.41) is 0. The van der Waals surface area contributed by atoms with E-state index in [4.69, 9.17) is 4.74 Å². The predicted molar refractivity (Wildman–Crippen MR) is 100 cm³/mol. The van der Waals surface area contributed by atoms with Crippen LogP contribution >= 0.6 is 15.9 Å². The number of ether oxygens (including phenoxy) is 1. The molecule has 8 atom stereocenters. The summed E-state index contributed by atoms with van der Waals surface area (Å²) < 4.78 is 5.54. The second kappa shape index (κ2) is 6.07. The van der Waals surface area contributed by atoms with E-state index in [0.717, 1.165) is 31.6 Å². The molecule has 4 rings (SSSR count). The molecule has 0 aliphatic heterocycles. The van der Waals surface area contributed by atoms with Crippen LogP contribution < -0.4 is 0 Å². The van der Waals surface area contributed by atoms with Crippen LogP contribution in [0.25, 0.3) is 0 Å². The minimum absolute atomic E-state index is 0.0754. The number of alkyl halides is 1. The van der Waals surface area contributed by atoms with Crippen molar-refractivity contribution in [3.8, 4) is 0 Å². The fourth-order valence-electron chi connectivity index (χ4n) is 7.31. The normalized spacial score (nSPS) is 52.1. The summed E-state index contributed by atoms with van der Waals surface area (Å²) in [6.07, 6.45) is 9.15. The number of Topliss-reactive ketones (excluding diaryl/α,β-unsaturated/α-hetero) is 1. The van der Waals surface area contributed by atoms with E-state index >= 15 is 0 Å². The molecule has 0 aromatic heterocycles. The van der Waals surface area contributed by atoms with Crippen molar-refractivity contribution in [1.29, 1.82) is 0 Å². The zero-order chi connectivity index (χ0) is 18.0. The third kappa shape index (κ3) is 2.64. The van der Waals surface area contributed by atoms with E-state index in [1.807, 2.05) is 0 Å². The maximum Gasteiger partial charge on any atom is 0.302 e. The summed E-state index contributed by atoms with van der Waals surface area (Å²) in [6.45, 7) is 6.27. The number of ketones is 1. The average molecular weight is 411 g/mol. The molecular weight excluding hydrogens is 380 g/mol. The summed E-state index contributed by atoms with van der Waals surface area (Å²) in [6, 6.07) is 0. The molecule has 0 spiro atoms. The van der Waals surface area contributed by atoms with Crippen LogP contribution in [0, 0.1) is 34.5 Å². The second-order valence-corrected chi connectivity index (χ2v) is 10.8. The van der Waals surface area contributed by atoms with Gasteiger partial charge in [-0.15, -0.1) is 0 Å². The van der Waals surface area contributed by atoms with Gasteiger partial charge in [-0.2, -0.15) is 0 Å². The van der Waals surface area contributed by atoms with Crippen molar-refractivity contribution in [2.24, 2.45) is 34.5 Å². The molecule has 4 aliphatic carbocycles. The fourth-order valence-corrected chi connectivity index (χ4v) is 8.23. The van der Waals surface area contributed by atoms with Crippen LogP contribution in [-0.4, -0.2) is 22.7 Å². The van der Waals surface area contributed by atoms with Crippen molar-refractivity contribution in [2.75, 3.05) is 0 Å². The maximum atomic E-state index is 12.7. The van der Waals surface area contributed by atoms with Gasteiger partial charge >= 0.3 is 5.97 Å². The number of carbonyl (C=O) groups excluding carboxylic acids is 2. The Morgan fingerprint density at radius 3 is 2.56 bits per heavy atom. The average Bonchev–Trinajstić information content (AvgIpc) is 2.78. The smallest absolute Gasteiger partial charge is 0.302 e. The van der Waals surface area contributed by atoms with Gasteiger partial charge in [0.25, 0.3) is 0 Å². The van der Waals surface area contributed by atoms with Gasteiger partial charge in [0.15, 0.2) is 5.78 Å². The second-order valence-electron chi connectivity index (χ2n) is 9.69. The first-order chi connectivity index (χ1) is 11.8. The molecule has 0 unspecified atom stereocenters. The zero-order valence-corrected chi connectivity index (χ0v) is 17.3. The minimum atomic E-state index is -0.136. The van der Waals surface area contributed by atoms with Gasteiger partial charge in [0.1, 0.15) is 6.10 Å². The van der Waals surface area contributed by atoms with Crippen LogP contribution in [0.15, 0.2) is 0 Å². The van der Waals surface area contributed by atoms with E-state index in [1.54, 1.807) is 0 Å². The van der Waals surface area contributed by atoms with Crippen LogP contribution in [0.2, 0.25) is 0 Å². The first-order valence-electron chi connectivity index (χ1n) is 10.1. The van der Waals surface area contributed by atoms with E-state index < -0.39 is 0 Å². The zero-order valence-electron chi connectivity index (χ0n) is 15.7. The summed E-state index contributed by atoms with van der Waals surface area (Å²) in [4.78, 5) is 24.2. The van der Waals surface area contributed by atoms with E-state index in [0.29, 0.717) is 29.0 Å². The van der Waals surface area contributed by atoms with Crippen LogP contribution in [0.5, 0.6) is 0 Å². The van der Waals surface area contributed by atoms with Crippen LogP contribution in [0.1, 0.15) is 72.1 Å². The maximum absolute atomic E-state index is 12.7. The molecule has 4 saturated carbocycles. The van der Waals surface area contributed by atoms with Crippen LogP contribution in [-0.2, 0) is 14.3 Å². The highest BCUT2D eigenvalue weighted by atomic mass is 79.9. The molecule has 0 saturated heterocycles. The molecule has 0 heterocycles. The number of carbonyl (C=O) groups is 2. The summed E-state index contributed by atoms with van der Waals surface area (Å²) in [5.74, 6) is 3.01. The Hall–Kier alpha value is -0.380. The fraction of sp³-hybridized carbons (Fsp3) is 0.905.